The number of hydrogen-bond donors (Lipinski definition) is 1. The number of rotatable bonds is 7. The van der Waals surface area contributed by atoms with Gasteiger partial charge in [0, 0.05) is 17.6 Å². The first-order valence-electron chi connectivity index (χ1n) is 8.68. The second-order valence-corrected chi connectivity index (χ2v) is 6.51. The molecule has 2 aromatic rings. The number of anilines is 1. The lowest BCUT2D eigenvalue weighted by Crippen LogP contribution is -2.31. The molecule has 1 amide bonds. The molecule has 9 heteroatoms. The molecular formula is C19H22ClN3O5. The Hall–Kier alpha value is -2.87. The molecule has 2 aromatic heterocycles. The van der Waals surface area contributed by atoms with Crippen LogP contribution in [0.3, 0.4) is 0 Å². The number of pyridine rings is 1. The zero-order chi connectivity index (χ0) is 20.8. The van der Waals surface area contributed by atoms with Gasteiger partial charge in [-0.2, -0.15) is 0 Å². The first-order valence-corrected chi connectivity index (χ1v) is 9.06. The summed E-state index contributed by atoms with van der Waals surface area (Å²) in [4.78, 5) is 40.3. The van der Waals surface area contributed by atoms with E-state index in [1.165, 1.54) is 19.2 Å². The molecular weight excluding hydrogens is 386 g/mol. The number of halogens is 1. The normalized spacial score (nSPS) is 11.6. The highest BCUT2D eigenvalue weighted by atomic mass is 35.5. The lowest BCUT2D eigenvalue weighted by Gasteiger charge is -2.15. The number of ether oxygens (including phenoxy) is 2. The van der Waals surface area contributed by atoms with Crippen molar-refractivity contribution in [3.8, 4) is 0 Å². The van der Waals surface area contributed by atoms with Crippen LogP contribution in [0.2, 0.25) is 5.02 Å². The maximum absolute atomic E-state index is 12.3. The third-order valence-corrected chi connectivity index (χ3v) is 4.24. The Morgan fingerprint density at radius 2 is 2.00 bits per heavy atom. The first kappa shape index (κ1) is 21.4. The van der Waals surface area contributed by atoms with Gasteiger partial charge in [0.2, 0.25) is 0 Å². The van der Waals surface area contributed by atoms with E-state index in [1.807, 2.05) is 0 Å². The van der Waals surface area contributed by atoms with Crippen LogP contribution in [0, 0.1) is 13.8 Å². The van der Waals surface area contributed by atoms with E-state index in [0.29, 0.717) is 27.8 Å². The number of aromatic nitrogens is 2. The highest BCUT2D eigenvalue weighted by molar-refractivity contribution is 6.30. The highest BCUT2D eigenvalue weighted by Crippen LogP contribution is 2.17. The molecule has 2 rings (SSSR count). The third kappa shape index (κ3) is 5.32. The summed E-state index contributed by atoms with van der Waals surface area (Å²) in [7, 11) is 0. The average Bonchev–Trinajstić information content (AvgIpc) is 2.92. The van der Waals surface area contributed by atoms with Crippen molar-refractivity contribution in [2.75, 3.05) is 11.9 Å². The van der Waals surface area contributed by atoms with Crippen molar-refractivity contribution in [1.29, 1.82) is 0 Å². The van der Waals surface area contributed by atoms with E-state index in [4.69, 9.17) is 21.1 Å². The number of amides is 1. The van der Waals surface area contributed by atoms with E-state index in [0.717, 1.165) is 0 Å². The Morgan fingerprint density at radius 3 is 2.61 bits per heavy atom. The van der Waals surface area contributed by atoms with Gasteiger partial charge in [-0.05, 0) is 45.9 Å². The minimum Gasteiger partial charge on any atom is -0.462 e. The van der Waals surface area contributed by atoms with Crippen LogP contribution in [0.15, 0.2) is 24.4 Å². The van der Waals surface area contributed by atoms with Crippen molar-refractivity contribution in [3.63, 3.8) is 0 Å². The second kappa shape index (κ2) is 9.36. The van der Waals surface area contributed by atoms with Gasteiger partial charge in [0.1, 0.15) is 12.4 Å². The SMILES string of the molecule is CCOC(=O)c1cc(C)n(CC(=O)O[C@@H](C)C(=O)Nc2ccc(Cl)cn2)c1C. The number of hydrogen-bond acceptors (Lipinski definition) is 6. The lowest BCUT2D eigenvalue weighted by molar-refractivity contribution is -0.153. The maximum atomic E-state index is 12.3. The molecule has 1 N–H and O–H groups in total. The Kier molecular flexibility index (Phi) is 7.17. The van der Waals surface area contributed by atoms with Gasteiger partial charge < -0.3 is 19.4 Å². The van der Waals surface area contributed by atoms with Gasteiger partial charge in [-0.1, -0.05) is 11.6 Å². The summed E-state index contributed by atoms with van der Waals surface area (Å²) in [5.74, 6) is -1.27. The fourth-order valence-electron chi connectivity index (χ4n) is 2.55. The zero-order valence-electron chi connectivity index (χ0n) is 16.1. The Balaban J connectivity index is 1.98. The summed E-state index contributed by atoms with van der Waals surface area (Å²) >= 11 is 5.75. The summed E-state index contributed by atoms with van der Waals surface area (Å²) in [5, 5.41) is 2.98. The molecule has 28 heavy (non-hydrogen) atoms. The van der Waals surface area contributed by atoms with Gasteiger partial charge in [0.25, 0.3) is 5.91 Å². The van der Waals surface area contributed by atoms with Gasteiger partial charge in [-0.25, -0.2) is 9.78 Å². The van der Waals surface area contributed by atoms with Crippen LogP contribution in [0.4, 0.5) is 5.82 Å². The Bertz CT molecular complexity index is 876. The van der Waals surface area contributed by atoms with Crippen molar-refractivity contribution < 1.29 is 23.9 Å². The fraction of sp³-hybridized carbons (Fsp3) is 0.368. The van der Waals surface area contributed by atoms with E-state index in [2.05, 4.69) is 10.3 Å². The molecule has 1 atom stereocenters. The smallest absolute Gasteiger partial charge is 0.339 e. The average molecular weight is 408 g/mol. The quantitative estimate of drug-likeness (QED) is 0.708. The standard InChI is InChI=1S/C19H22ClN3O5/c1-5-27-19(26)15-8-11(2)23(12(15)3)10-17(24)28-13(4)18(25)22-16-7-6-14(20)9-21-16/h6-9,13H,5,10H2,1-4H3,(H,21,22,25)/t13-/m0/s1. The molecule has 0 fully saturated rings. The summed E-state index contributed by atoms with van der Waals surface area (Å²) in [6, 6.07) is 4.78. The zero-order valence-corrected chi connectivity index (χ0v) is 16.9. The van der Waals surface area contributed by atoms with Crippen LogP contribution in [0.1, 0.15) is 35.6 Å². The number of nitrogens with zero attached hydrogens (tertiary/aromatic N) is 2. The van der Waals surface area contributed by atoms with E-state index in [9.17, 15) is 14.4 Å². The summed E-state index contributed by atoms with van der Waals surface area (Å²) in [6.07, 6.45) is 0.373. The second-order valence-electron chi connectivity index (χ2n) is 6.07. The molecule has 0 saturated heterocycles. The van der Waals surface area contributed by atoms with Gasteiger partial charge in [-0.15, -0.1) is 0 Å². The molecule has 2 heterocycles. The molecule has 0 aliphatic carbocycles. The van der Waals surface area contributed by atoms with Crippen molar-refractivity contribution in [2.24, 2.45) is 0 Å². The molecule has 0 unspecified atom stereocenters. The van der Waals surface area contributed by atoms with Gasteiger partial charge in [0.15, 0.2) is 6.10 Å². The van der Waals surface area contributed by atoms with Gasteiger partial charge >= 0.3 is 11.9 Å². The number of carbonyl (C=O) groups is 3. The van der Waals surface area contributed by atoms with Crippen LogP contribution < -0.4 is 5.32 Å². The van der Waals surface area contributed by atoms with E-state index in [-0.39, 0.29) is 13.2 Å². The van der Waals surface area contributed by atoms with Crippen LogP contribution in [-0.4, -0.2) is 40.1 Å². The summed E-state index contributed by atoms with van der Waals surface area (Å²) in [6.45, 7) is 6.80. The molecule has 150 valence electrons. The lowest BCUT2D eigenvalue weighted by atomic mass is 10.2. The molecule has 0 radical (unpaired) electrons. The predicted octanol–water partition coefficient (Wildman–Crippen LogP) is 2.90. The largest absolute Gasteiger partial charge is 0.462 e. The first-order chi connectivity index (χ1) is 13.2. The van der Waals surface area contributed by atoms with Crippen LogP contribution >= 0.6 is 11.6 Å². The monoisotopic (exact) mass is 407 g/mol. The molecule has 0 aliphatic heterocycles. The van der Waals surface area contributed by atoms with Crippen molar-refractivity contribution in [2.45, 2.75) is 40.3 Å². The predicted molar refractivity (Wildman–Crippen MR) is 103 cm³/mol. The topological polar surface area (TPSA) is 99.5 Å². The maximum Gasteiger partial charge on any atom is 0.339 e. The van der Waals surface area contributed by atoms with E-state index < -0.39 is 23.9 Å². The molecule has 8 nitrogen and oxygen atoms in total. The minimum atomic E-state index is -1.02. The highest BCUT2D eigenvalue weighted by Gasteiger charge is 2.22. The Labute approximate surface area is 167 Å². The van der Waals surface area contributed by atoms with Crippen LogP contribution in [0.5, 0.6) is 0 Å². The fourth-order valence-corrected chi connectivity index (χ4v) is 2.67. The number of carbonyl (C=O) groups excluding carboxylic acids is 3. The third-order valence-electron chi connectivity index (χ3n) is 4.01. The number of esters is 2. The molecule has 0 aliphatic rings. The molecule has 0 bridgehead atoms. The molecule has 0 saturated carbocycles. The Morgan fingerprint density at radius 1 is 1.29 bits per heavy atom. The summed E-state index contributed by atoms with van der Waals surface area (Å²) in [5.41, 5.74) is 1.70. The van der Waals surface area contributed by atoms with E-state index >= 15 is 0 Å². The molecule has 0 aromatic carbocycles. The molecule has 0 spiro atoms. The number of nitrogens with one attached hydrogen (secondary N) is 1. The van der Waals surface area contributed by atoms with Crippen molar-refractivity contribution in [3.05, 3.63) is 46.4 Å². The van der Waals surface area contributed by atoms with Gasteiger partial charge in [-0.3, -0.25) is 9.59 Å². The van der Waals surface area contributed by atoms with E-state index in [1.54, 1.807) is 37.5 Å². The minimum absolute atomic E-state index is 0.131. The van der Waals surface area contributed by atoms with Crippen LogP contribution in [-0.2, 0) is 25.6 Å². The van der Waals surface area contributed by atoms with Crippen LogP contribution in [0.25, 0.3) is 0 Å². The summed E-state index contributed by atoms with van der Waals surface area (Å²) < 4.78 is 11.8. The number of aryl methyl sites for hydroxylation is 1. The van der Waals surface area contributed by atoms with Crippen molar-refractivity contribution in [1.82, 2.24) is 9.55 Å². The van der Waals surface area contributed by atoms with Gasteiger partial charge in [0.05, 0.1) is 17.2 Å². The van der Waals surface area contributed by atoms with Crippen molar-refractivity contribution >= 4 is 35.3 Å².